The molecule has 1 unspecified atom stereocenters. The first-order valence-electron chi connectivity index (χ1n) is 7.28. The molecule has 1 aromatic heterocycles. The van der Waals surface area contributed by atoms with Gasteiger partial charge in [-0.15, -0.1) is 0 Å². The summed E-state index contributed by atoms with van der Waals surface area (Å²) in [4.78, 5) is 16.2. The van der Waals surface area contributed by atoms with E-state index in [2.05, 4.69) is 34.6 Å². The van der Waals surface area contributed by atoms with Crippen LogP contribution in [0.25, 0.3) is 0 Å². The van der Waals surface area contributed by atoms with Crippen molar-refractivity contribution in [1.29, 1.82) is 0 Å². The van der Waals surface area contributed by atoms with E-state index in [1.54, 1.807) is 12.3 Å². The van der Waals surface area contributed by atoms with Crippen LogP contribution < -0.4 is 11.1 Å². The molecule has 108 valence electrons. The number of carbonyl (C=O) groups excluding carboxylic acids is 1. The number of hydrogen-bond acceptors (Lipinski definition) is 3. The second-order valence-electron chi connectivity index (χ2n) is 5.34. The SMILES string of the molecule is CCc1nccc(C(N)=O)c1C1Cc2ccccc2CN1. The average molecular weight is 281 g/mol. The summed E-state index contributed by atoms with van der Waals surface area (Å²) in [6.45, 7) is 2.85. The summed E-state index contributed by atoms with van der Waals surface area (Å²) < 4.78 is 0. The molecule has 0 saturated carbocycles. The Balaban J connectivity index is 2.03. The number of primary amides is 1. The molecular weight excluding hydrogens is 262 g/mol. The zero-order valence-corrected chi connectivity index (χ0v) is 12.1. The number of hydrogen-bond donors (Lipinski definition) is 2. The summed E-state index contributed by atoms with van der Waals surface area (Å²) in [5, 5.41) is 3.51. The Morgan fingerprint density at radius 2 is 2.10 bits per heavy atom. The second-order valence-corrected chi connectivity index (χ2v) is 5.34. The highest BCUT2D eigenvalue weighted by molar-refractivity contribution is 5.94. The van der Waals surface area contributed by atoms with Gasteiger partial charge in [-0.25, -0.2) is 0 Å². The molecule has 0 aliphatic carbocycles. The fraction of sp³-hybridized carbons (Fsp3) is 0.294. The van der Waals surface area contributed by atoms with E-state index in [1.807, 2.05) is 6.92 Å². The Morgan fingerprint density at radius 1 is 1.33 bits per heavy atom. The highest BCUT2D eigenvalue weighted by Gasteiger charge is 2.25. The second kappa shape index (κ2) is 5.66. The molecule has 2 aromatic rings. The van der Waals surface area contributed by atoms with Gasteiger partial charge in [-0.2, -0.15) is 0 Å². The van der Waals surface area contributed by atoms with E-state index in [4.69, 9.17) is 5.73 Å². The lowest BCUT2D eigenvalue weighted by Crippen LogP contribution is -2.31. The van der Waals surface area contributed by atoms with E-state index in [-0.39, 0.29) is 11.9 Å². The molecule has 4 heteroatoms. The van der Waals surface area contributed by atoms with Crippen LogP contribution in [-0.4, -0.2) is 10.9 Å². The van der Waals surface area contributed by atoms with Crippen LogP contribution >= 0.6 is 0 Å². The topological polar surface area (TPSA) is 68.0 Å². The van der Waals surface area contributed by atoms with Gasteiger partial charge >= 0.3 is 0 Å². The molecule has 0 bridgehead atoms. The number of fused-ring (bicyclic) bond motifs is 1. The van der Waals surface area contributed by atoms with Crippen molar-refractivity contribution in [3.8, 4) is 0 Å². The number of nitrogens with one attached hydrogen (secondary N) is 1. The molecule has 1 aromatic carbocycles. The van der Waals surface area contributed by atoms with Crippen molar-refractivity contribution in [2.24, 2.45) is 5.73 Å². The minimum atomic E-state index is -0.386. The number of carbonyl (C=O) groups is 1. The number of benzene rings is 1. The van der Waals surface area contributed by atoms with Crippen molar-refractivity contribution in [2.45, 2.75) is 32.4 Å². The van der Waals surface area contributed by atoms with Gasteiger partial charge in [-0.1, -0.05) is 31.2 Å². The zero-order valence-electron chi connectivity index (χ0n) is 12.1. The maximum absolute atomic E-state index is 11.7. The maximum Gasteiger partial charge on any atom is 0.249 e. The standard InChI is InChI=1S/C17H19N3O/c1-2-14-16(13(17(18)21)7-8-19-14)15-9-11-5-3-4-6-12(11)10-20-15/h3-8,15,20H,2,9-10H2,1H3,(H2,18,21). The van der Waals surface area contributed by atoms with E-state index < -0.39 is 0 Å². The summed E-state index contributed by atoms with van der Waals surface area (Å²) in [7, 11) is 0. The third-order valence-corrected chi connectivity index (χ3v) is 4.10. The third kappa shape index (κ3) is 2.54. The number of nitrogens with two attached hydrogens (primary N) is 1. The normalized spacial score (nSPS) is 17.3. The Kier molecular flexibility index (Phi) is 3.71. The molecule has 1 aliphatic rings. The van der Waals surface area contributed by atoms with E-state index >= 15 is 0 Å². The molecule has 2 heterocycles. The van der Waals surface area contributed by atoms with Crippen LogP contribution in [0.3, 0.4) is 0 Å². The smallest absolute Gasteiger partial charge is 0.249 e. The number of amides is 1. The molecule has 4 nitrogen and oxygen atoms in total. The first kappa shape index (κ1) is 13.8. The van der Waals surface area contributed by atoms with Crippen LogP contribution in [-0.2, 0) is 19.4 Å². The van der Waals surface area contributed by atoms with Crippen LogP contribution in [0.15, 0.2) is 36.5 Å². The van der Waals surface area contributed by atoms with E-state index in [0.717, 1.165) is 30.6 Å². The predicted octanol–water partition coefficient (Wildman–Crippen LogP) is 2.13. The molecule has 3 N–H and O–H groups in total. The average Bonchev–Trinajstić information content (AvgIpc) is 2.53. The van der Waals surface area contributed by atoms with Crippen LogP contribution in [0.2, 0.25) is 0 Å². The van der Waals surface area contributed by atoms with Gasteiger partial charge in [0.1, 0.15) is 0 Å². The Bertz CT molecular complexity index is 681. The predicted molar refractivity (Wildman–Crippen MR) is 81.9 cm³/mol. The van der Waals surface area contributed by atoms with E-state index in [1.165, 1.54) is 11.1 Å². The summed E-state index contributed by atoms with van der Waals surface area (Å²) in [6, 6.07) is 10.2. The minimum Gasteiger partial charge on any atom is -0.366 e. The summed E-state index contributed by atoms with van der Waals surface area (Å²) >= 11 is 0. The lowest BCUT2D eigenvalue weighted by molar-refractivity contribution is 0.0998. The van der Waals surface area contributed by atoms with E-state index in [9.17, 15) is 4.79 Å². The molecule has 1 atom stereocenters. The van der Waals surface area contributed by atoms with Crippen LogP contribution in [0, 0.1) is 0 Å². The zero-order chi connectivity index (χ0) is 14.8. The summed E-state index contributed by atoms with van der Waals surface area (Å²) in [5.41, 5.74) is 10.7. The van der Waals surface area contributed by atoms with Crippen molar-refractivity contribution in [3.05, 3.63) is 64.5 Å². The third-order valence-electron chi connectivity index (χ3n) is 4.10. The fourth-order valence-corrected chi connectivity index (χ4v) is 3.06. The van der Waals surface area contributed by atoms with Gasteiger partial charge in [0, 0.05) is 35.6 Å². The van der Waals surface area contributed by atoms with Gasteiger partial charge in [0.25, 0.3) is 0 Å². The highest BCUT2D eigenvalue weighted by Crippen LogP contribution is 2.29. The largest absolute Gasteiger partial charge is 0.366 e. The highest BCUT2D eigenvalue weighted by atomic mass is 16.1. The summed E-state index contributed by atoms with van der Waals surface area (Å²) in [6.07, 6.45) is 3.31. The molecule has 1 amide bonds. The Hall–Kier alpha value is -2.20. The van der Waals surface area contributed by atoms with Gasteiger partial charge in [0.15, 0.2) is 0 Å². The monoisotopic (exact) mass is 281 g/mol. The van der Waals surface area contributed by atoms with Crippen LogP contribution in [0.1, 0.15) is 45.7 Å². The quantitative estimate of drug-likeness (QED) is 0.905. The van der Waals surface area contributed by atoms with Crippen molar-refractivity contribution in [3.63, 3.8) is 0 Å². The maximum atomic E-state index is 11.7. The number of aromatic nitrogens is 1. The van der Waals surface area contributed by atoms with Gasteiger partial charge < -0.3 is 11.1 Å². The van der Waals surface area contributed by atoms with Crippen molar-refractivity contribution >= 4 is 5.91 Å². The Morgan fingerprint density at radius 3 is 2.81 bits per heavy atom. The minimum absolute atomic E-state index is 0.0889. The lowest BCUT2D eigenvalue weighted by Gasteiger charge is -2.28. The molecular formula is C17H19N3O. The molecule has 0 fully saturated rings. The van der Waals surface area contributed by atoms with Crippen LogP contribution in [0.5, 0.6) is 0 Å². The summed E-state index contributed by atoms with van der Waals surface area (Å²) in [5.74, 6) is -0.386. The van der Waals surface area contributed by atoms with Crippen molar-refractivity contribution in [1.82, 2.24) is 10.3 Å². The van der Waals surface area contributed by atoms with Gasteiger partial charge in [-0.3, -0.25) is 9.78 Å². The number of rotatable bonds is 3. The molecule has 3 rings (SSSR count). The number of aryl methyl sites for hydroxylation is 1. The molecule has 1 aliphatic heterocycles. The van der Waals surface area contributed by atoms with Crippen LogP contribution in [0.4, 0.5) is 0 Å². The van der Waals surface area contributed by atoms with Gasteiger partial charge in [-0.05, 0) is 30.0 Å². The number of nitrogens with zero attached hydrogens (tertiary/aromatic N) is 1. The van der Waals surface area contributed by atoms with Gasteiger partial charge in [0.2, 0.25) is 5.91 Å². The van der Waals surface area contributed by atoms with Crippen molar-refractivity contribution < 1.29 is 4.79 Å². The molecule has 21 heavy (non-hydrogen) atoms. The molecule has 0 spiro atoms. The fourth-order valence-electron chi connectivity index (χ4n) is 3.06. The first-order chi connectivity index (χ1) is 10.2. The van der Waals surface area contributed by atoms with E-state index in [0.29, 0.717) is 5.56 Å². The molecule has 0 saturated heterocycles. The lowest BCUT2D eigenvalue weighted by atomic mass is 9.88. The molecule has 0 radical (unpaired) electrons. The first-order valence-corrected chi connectivity index (χ1v) is 7.28. The Labute approximate surface area is 124 Å². The van der Waals surface area contributed by atoms with Gasteiger partial charge in [0.05, 0.1) is 0 Å². The van der Waals surface area contributed by atoms with Crippen molar-refractivity contribution in [2.75, 3.05) is 0 Å². The number of pyridine rings is 1.